The van der Waals surface area contributed by atoms with E-state index in [1.54, 1.807) is 0 Å². The Morgan fingerprint density at radius 1 is 1.38 bits per heavy atom. The van der Waals surface area contributed by atoms with Crippen LogP contribution in [0.2, 0.25) is 0 Å². The molecule has 0 aromatic carbocycles. The zero-order valence-corrected chi connectivity index (χ0v) is 9.05. The minimum absolute atomic E-state index is 0.0166. The van der Waals surface area contributed by atoms with Gasteiger partial charge in [0.15, 0.2) is 0 Å². The highest BCUT2D eigenvalue weighted by Gasteiger charge is 2.29. The Hall–Kier alpha value is -0.120. The molecule has 1 saturated heterocycles. The lowest BCUT2D eigenvalue weighted by atomic mass is 9.90. The number of likely N-dealkylation sites (N-methyl/N-ethyl adjacent to an activating group) is 1. The van der Waals surface area contributed by atoms with Gasteiger partial charge in [-0.25, -0.2) is 0 Å². The SMILES string of the molecule is CC(C)N(C)CC1(N)CCOCC1. The van der Waals surface area contributed by atoms with Crippen LogP contribution in [0.3, 0.4) is 0 Å². The summed E-state index contributed by atoms with van der Waals surface area (Å²) in [6, 6.07) is 0.572. The maximum absolute atomic E-state index is 6.28. The molecular weight excluding hydrogens is 164 g/mol. The summed E-state index contributed by atoms with van der Waals surface area (Å²) in [7, 11) is 2.13. The predicted molar refractivity (Wildman–Crippen MR) is 54.7 cm³/mol. The summed E-state index contributed by atoms with van der Waals surface area (Å²) >= 11 is 0. The van der Waals surface area contributed by atoms with Crippen LogP contribution in [0.5, 0.6) is 0 Å². The molecule has 0 aromatic rings. The van der Waals surface area contributed by atoms with Gasteiger partial charge < -0.3 is 15.4 Å². The third kappa shape index (κ3) is 3.25. The molecule has 3 heteroatoms. The van der Waals surface area contributed by atoms with Gasteiger partial charge >= 0.3 is 0 Å². The summed E-state index contributed by atoms with van der Waals surface area (Å²) < 4.78 is 5.31. The Balaban J connectivity index is 2.40. The smallest absolute Gasteiger partial charge is 0.0484 e. The van der Waals surface area contributed by atoms with Gasteiger partial charge in [0, 0.05) is 31.3 Å². The fourth-order valence-corrected chi connectivity index (χ4v) is 1.62. The number of nitrogens with zero attached hydrogens (tertiary/aromatic N) is 1. The van der Waals surface area contributed by atoms with E-state index >= 15 is 0 Å². The van der Waals surface area contributed by atoms with Gasteiger partial charge in [-0.05, 0) is 33.7 Å². The van der Waals surface area contributed by atoms with E-state index in [1.165, 1.54) is 0 Å². The number of rotatable bonds is 3. The lowest BCUT2D eigenvalue weighted by Gasteiger charge is -2.38. The van der Waals surface area contributed by atoms with Crippen molar-refractivity contribution in [2.45, 2.75) is 38.3 Å². The molecule has 0 spiro atoms. The molecule has 0 unspecified atom stereocenters. The second-order valence-electron chi connectivity index (χ2n) is 4.48. The number of hydrogen-bond acceptors (Lipinski definition) is 3. The highest BCUT2D eigenvalue weighted by molar-refractivity contribution is 4.89. The van der Waals surface area contributed by atoms with E-state index in [-0.39, 0.29) is 5.54 Å². The normalized spacial score (nSPS) is 22.6. The van der Waals surface area contributed by atoms with Crippen molar-refractivity contribution in [2.24, 2.45) is 5.73 Å². The summed E-state index contributed by atoms with van der Waals surface area (Å²) in [5.41, 5.74) is 6.26. The fourth-order valence-electron chi connectivity index (χ4n) is 1.62. The molecule has 1 heterocycles. The van der Waals surface area contributed by atoms with Crippen molar-refractivity contribution in [1.82, 2.24) is 4.90 Å². The van der Waals surface area contributed by atoms with Crippen LogP contribution in [0.15, 0.2) is 0 Å². The van der Waals surface area contributed by atoms with Gasteiger partial charge in [-0.15, -0.1) is 0 Å². The summed E-state index contributed by atoms with van der Waals surface area (Å²) in [6.45, 7) is 7.02. The highest BCUT2D eigenvalue weighted by Crippen LogP contribution is 2.19. The molecule has 0 radical (unpaired) electrons. The van der Waals surface area contributed by atoms with Crippen LogP contribution >= 0.6 is 0 Å². The van der Waals surface area contributed by atoms with Crippen molar-refractivity contribution >= 4 is 0 Å². The van der Waals surface area contributed by atoms with Crippen molar-refractivity contribution in [1.29, 1.82) is 0 Å². The maximum atomic E-state index is 6.28. The lowest BCUT2D eigenvalue weighted by Crippen LogP contribution is -2.53. The number of nitrogens with two attached hydrogens (primary N) is 1. The lowest BCUT2D eigenvalue weighted by molar-refractivity contribution is 0.0375. The summed E-state index contributed by atoms with van der Waals surface area (Å²) in [6.07, 6.45) is 1.98. The average Bonchev–Trinajstić information content (AvgIpc) is 2.04. The molecule has 0 bridgehead atoms. The quantitative estimate of drug-likeness (QED) is 0.709. The molecule has 1 fully saturated rings. The van der Waals surface area contributed by atoms with Crippen molar-refractivity contribution in [3.05, 3.63) is 0 Å². The molecule has 13 heavy (non-hydrogen) atoms. The minimum Gasteiger partial charge on any atom is -0.381 e. The largest absolute Gasteiger partial charge is 0.381 e. The van der Waals surface area contributed by atoms with Crippen LogP contribution in [-0.2, 0) is 4.74 Å². The van der Waals surface area contributed by atoms with E-state index in [0.29, 0.717) is 6.04 Å². The molecule has 1 aliphatic rings. The molecule has 0 atom stereocenters. The van der Waals surface area contributed by atoms with Gasteiger partial charge in [-0.1, -0.05) is 0 Å². The molecule has 0 amide bonds. The Bertz CT molecular complexity index is 153. The maximum Gasteiger partial charge on any atom is 0.0484 e. The zero-order valence-electron chi connectivity index (χ0n) is 9.05. The Kier molecular flexibility index (Phi) is 3.71. The van der Waals surface area contributed by atoms with Crippen LogP contribution in [0.1, 0.15) is 26.7 Å². The summed E-state index contributed by atoms with van der Waals surface area (Å²) in [5, 5.41) is 0. The van der Waals surface area contributed by atoms with E-state index in [1.807, 2.05) is 0 Å². The minimum atomic E-state index is -0.0166. The molecule has 1 aliphatic heterocycles. The molecule has 0 aliphatic carbocycles. The molecule has 0 saturated carbocycles. The van der Waals surface area contributed by atoms with Crippen LogP contribution in [-0.4, -0.2) is 43.3 Å². The third-order valence-corrected chi connectivity index (χ3v) is 2.93. The summed E-state index contributed by atoms with van der Waals surface area (Å²) in [5.74, 6) is 0. The van der Waals surface area contributed by atoms with Gasteiger partial charge in [0.2, 0.25) is 0 Å². The molecular formula is C10H22N2O. The van der Waals surface area contributed by atoms with Crippen molar-refractivity contribution < 1.29 is 4.74 Å². The predicted octanol–water partition coefficient (Wildman–Crippen LogP) is 0.834. The van der Waals surface area contributed by atoms with Gasteiger partial charge in [-0.2, -0.15) is 0 Å². The highest BCUT2D eigenvalue weighted by atomic mass is 16.5. The van der Waals surface area contributed by atoms with Crippen molar-refractivity contribution in [2.75, 3.05) is 26.8 Å². The average molecular weight is 186 g/mol. The topological polar surface area (TPSA) is 38.5 Å². The van der Waals surface area contributed by atoms with Crippen molar-refractivity contribution in [3.63, 3.8) is 0 Å². The first-order valence-electron chi connectivity index (χ1n) is 5.10. The first kappa shape index (κ1) is 11.0. The van der Waals surface area contributed by atoms with Gasteiger partial charge in [0.25, 0.3) is 0 Å². The van der Waals surface area contributed by atoms with Crippen LogP contribution < -0.4 is 5.73 Å². The van der Waals surface area contributed by atoms with E-state index in [9.17, 15) is 0 Å². The molecule has 0 aromatic heterocycles. The molecule has 78 valence electrons. The summed E-state index contributed by atoms with van der Waals surface area (Å²) in [4.78, 5) is 2.31. The van der Waals surface area contributed by atoms with E-state index in [0.717, 1.165) is 32.6 Å². The molecule has 2 N–H and O–H groups in total. The van der Waals surface area contributed by atoms with E-state index in [4.69, 9.17) is 10.5 Å². The van der Waals surface area contributed by atoms with Crippen LogP contribution in [0.4, 0.5) is 0 Å². The Morgan fingerprint density at radius 2 is 1.92 bits per heavy atom. The second-order valence-corrected chi connectivity index (χ2v) is 4.48. The van der Waals surface area contributed by atoms with Crippen molar-refractivity contribution in [3.8, 4) is 0 Å². The van der Waals surface area contributed by atoms with E-state index in [2.05, 4.69) is 25.8 Å². The third-order valence-electron chi connectivity index (χ3n) is 2.93. The number of hydrogen-bond donors (Lipinski definition) is 1. The monoisotopic (exact) mass is 186 g/mol. The van der Waals surface area contributed by atoms with Crippen LogP contribution in [0.25, 0.3) is 0 Å². The van der Waals surface area contributed by atoms with Gasteiger partial charge in [0.05, 0.1) is 0 Å². The first-order valence-corrected chi connectivity index (χ1v) is 5.10. The Labute approximate surface area is 81.2 Å². The second kappa shape index (κ2) is 4.40. The number of ether oxygens (including phenoxy) is 1. The van der Waals surface area contributed by atoms with Gasteiger partial charge in [0.1, 0.15) is 0 Å². The molecule has 3 nitrogen and oxygen atoms in total. The first-order chi connectivity index (χ1) is 6.03. The van der Waals surface area contributed by atoms with E-state index < -0.39 is 0 Å². The standard InChI is InChI=1S/C10H22N2O/c1-9(2)12(3)8-10(11)4-6-13-7-5-10/h9H,4-8,11H2,1-3H3. The van der Waals surface area contributed by atoms with Crippen LogP contribution in [0, 0.1) is 0 Å². The zero-order chi connectivity index (χ0) is 9.90. The molecule has 1 rings (SSSR count). The fraction of sp³-hybridized carbons (Fsp3) is 1.00. The Morgan fingerprint density at radius 3 is 2.38 bits per heavy atom. The van der Waals surface area contributed by atoms with Gasteiger partial charge in [-0.3, -0.25) is 0 Å².